The van der Waals surface area contributed by atoms with Crippen LogP contribution in [0.1, 0.15) is 20.9 Å². The number of carbonyl (C=O) groups is 1. The van der Waals surface area contributed by atoms with E-state index in [-0.39, 0.29) is 23.4 Å². The topological polar surface area (TPSA) is 103 Å². The van der Waals surface area contributed by atoms with Crippen molar-refractivity contribution in [2.75, 3.05) is 60.2 Å². The fourth-order valence-corrected chi connectivity index (χ4v) is 6.52. The lowest BCUT2D eigenvalue weighted by Gasteiger charge is -2.30. The molecule has 38 heavy (non-hydrogen) atoms. The third-order valence-electron chi connectivity index (χ3n) is 6.35. The van der Waals surface area contributed by atoms with Gasteiger partial charge in [0.15, 0.2) is 0 Å². The Labute approximate surface area is 227 Å². The summed E-state index contributed by atoms with van der Waals surface area (Å²) >= 11 is 1.39. The van der Waals surface area contributed by atoms with Gasteiger partial charge >= 0.3 is 0 Å². The van der Waals surface area contributed by atoms with Crippen LogP contribution in [-0.2, 0) is 38.2 Å². The molecule has 0 N–H and O–H groups in total. The second-order valence-electron chi connectivity index (χ2n) is 8.95. The maximum atomic E-state index is 13.5. The first-order chi connectivity index (χ1) is 18.4. The van der Waals surface area contributed by atoms with Gasteiger partial charge in [-0.15, -0.1) is 11.3 Å². The molecule has 0 aliphatic carbocycles. The molecule has 1 fully saturated rings. The fourth-order valence-electron chi connectivity index (χ4n) is 4.33. The van der Waals surface area contributed by atoms with Crippen LogP contribution in [0.3, 0.4) is 0 Å². The molecule has 0 saturated carbocycles. The van der Waals surface area contributed by atoms with Gasteiger partial charge in [-0.05, 0) is 29.1 Å². The second-order valence-corrected chi connectivity index (χ2v) is 11.8. The van der Waals surface area contributed by atoms with Crippen molar-refractivity contribution >= 4 is 27.1 Å². The number of imidazole rings is 1. The van der Waals surface area contributed by atoms with Crippen LogP contribution < -0.4 is 4.74 Å². The normalized spacial score (nSPS) is 14.5. The zero-order valence-corrected chi connectivity index (χ0v) is 23.4. The summed E-state index contributed by atoms with van der Waals surface area (Å²) < 4.78 is 44.6. The zero-order chi connectivity index (χ0) is 27.0. The lowest BCUT2D eigenvalue weighted by atomic mass is 10.2. The van der Waals surface area contributed by atoms with Crippen molar-refractivity contribution in [3.05, 3.63) is 64.1 Å². The minimum atomic E-state index is -3.79. The number of morpholine rings is 1. The smallest absolute Gasteiger partial charge is 0.264 e. The lowest BCUT2D eigenvalue weighted by molar-refractivity contribution is 0.0319. The fraction of sp³-hybridized carbons (Fsp3) is 0.462. The quantitative estimate of drug-likeness (QED) is 0.313. The van der Waals surface area contributed by atoms with Gasteiger partial charge in [0.1, 0.15) is 5.75 Å². The van der Waals surface area contributed by atoms with Crippen LogP contribution in [0.5, 0.6) is 5.75 Å². The molecular weight excluding hydrogens is 528 g/mol. The van der Waals surface area contributed by atoms with Crippen molar-refractivity contribution in [2.45, 2.75) is 24.0 Å². The van der Waals surface area contributed by atoms with Crippen molar-refractivity contribution in [1.29, 1.82) is 0 Å². The van der Waals surface area contributed by atoms with Gasteiger partial charge in [-0.1, -0.05) is 18.2 Å². The zero-order valence-electron chi connectivity index (χ0n) is 21.7. The monoisotopic (exact) mass is 562 g/mol. The molecule has 1 aliphatic heterocycles. The van der Waals surface area contributed by atoms with Crippen molar-refractivity contribution in [3.8, 4) is 5.75 Å². The average molecular weight is 563 g/mol. The second kappa shape index (κ2) is 13.3. The number of hydrogen-bond donors (Lipinski definition) is 0. The summed E-state index contributed by atoms with van der Waals surface area (Å²) in [5.41, 5.74) is 1.24. The summed E-state index contributed by atoms with van der Waals surface area (Å²) in [5, 5.41) is 1.84. The molecule has 4 rings (SSSR count). The molecule has 0 bridgehead atoms. The van der Waals surface area contributed by atoms with Crippen LogP contribution in [0, 0.1) is 0 Å². The predicted molar refractivity (Wildman–Crippen MR) is 144 cm³/mol. The number of aromatic nitrogens is 2. The number of nitrogens with zero attached hydrogens (tertiary/aromatic N) is 4. The number of carbonyl (C=O) groups excluding carboxylic acids is 1. The lowest BCUT2D eigenvalue weighted by Crippen LogP contribution is -2.43. The van der Waals surface area contributed by atoms with Gasteiger partial charge in [-0.25, -0.2) is 13.4 Å². The van der Waals surface area contributed by atoms with Crippen LogP contribution in [0.15, 0.2) is 53.1 Å². The first-order valence-electron chi connectivity index (χ1n) is 12.4. The van der Waals surface area contributed by atoms with Gasteiger partial charge in [-0.3, -0.25) is 9.69 Å². The molecule has 3 heterocycles. The summed E-state index contributed by atoms with van der Waals surface area (Å²) in [7, 11) is -0.683. The predicted octanol–water partition coefficient (Wildman–Crippen LogP) is 2.55. The summed E-state index contributed by atoms with van der Waals surface area (Å²) in [4.78, 5) is 22.4. The Bertz CT molecular complexity index is 1290. The van der Waals surface area contributed by atoms with Crippen molar-refractivity contribution in [1.82, 2.24) is 19.4 Å². The SMILES string of the molecule is COCCn1c(CN(CCN2CCOCC2)C(=O)c2cccs2)cnc1S(=O)(=O)Cc1cccc(OC)c1. The summed E-state index contributed by atoms with van der Waals surface area (Å²) in [6.07, 6.45) is 1.55. The highest BCUT2D eigenvalue weighted by Gasteiger charge is 2.27. The first-order valence-corrected chi connectivity index (χ1v) is 15.0. The number of hydrogen-bond acceptors (Lipinski definition) is 9. The largest absolute Gasteiger partial charge is 0.497 e. The number of thiophene rings is 1. The highest BCUT2D eigenvalue weighted by atomic mass is 32.2. The van der Waals surface area contributed by atoms with Gasteiger partial charge in [-0.2, -0.15) is 0 Å². The van der Waals surface area contributed by atoms with Crippen molar-refractivity contribution in [2.24, 2.45) is 0 Å². The average Bonchev–Trinajstić information content (AvgIpc) is 3.61. The molecule has 0 radical (unpaired) electrons. The number of sulfone groups is 1. The molecule has 1 aromatic carbocycles. The van der Waals surface area contributed by atoms with Crippen LogP contribution in [0.4, 0.5) is 0 Å². The maximum Gasteiger partial charge on any atom is 0.264 e. The van der Waals surface area contributed by atoms with Crippen LogP contribution in [-0.4, -0.2) is 93.9 Å². The molecular formula is C26H34N4O6S2. The first kappa shape index (κ1) is 28.2. The van der Waals surface area contributed by atoms with E-state index >= 15 is 0 Å². The highest BCUT2D eigenvalue weighted by Crippen LogP contribution is 2.22. The highest BCUT2D eigenvalue weighted by molar-refractivity contribution is 7.90. The Kier molecular flexibility index (Phi) is 9.91. The van der Waals surface area contributed by atoms with E-state index in [1.54, 1.807) is 60.2 Å². The minimum Gasteiger partial charge on any atom is -0.497 e. The Morgan fingerprint density at radius 1 is 1.16 bits per heavy atom. The summed E-state index contributed by atoms with van der Waals surface area (Å²) in [6, 6.07) is 10.6. The molecule has 206 valence electrons. The van der Waals surface area contributed by atoms with Gasteiger partial charge in [0.05, 0.1) is 56.0 Å². The molecule has 0 atom stereocenters. The molecule has 1 aliphatic rings. The van der Waals surface area contributed by atoms with E-state index in [0.29, 0.717) is 61.3 Å². The Morgan fingerprint density at radius 3 is 2.68 bits per heavy atom. The van der Waals surface area contributed by atoms with Gasteiger partial charge in [0, 0.05) is 39.8 Å². The molecule has 3 aromatic rings. The van der Waals surface area contributed by atoms with Gasteiger partial charge in [0.25, 0.3) is 5.91 Å². The minimum absolute atomic E-state index is 0.0379. The van der Waals surface area contributed by atoms with E-state index < -0.39 is 9.84 Å². The van der Waals surface area contributed by atoms with Gasteiger partial charge in [0.2, 0.25) is 15.0 Å². The van der Waals surface area contributed by atoms with E-state index in [9.17, 15) is 13.2 Å². The number of amides is 1. The molecule has 1 amide bonds. The van der Waals surface area contributed by atoms with E-state index in [1.165, 1.54) is 11.3 Å². The van der Waals surface area contributed by atoms with Gasteiger partial charge < -0.3 is 23.7 Å². The molecule has 1 saturated heterocycles. The molecule has 0 spiro atoms. The third-order valence-corrected chi connectivity index (χ3v) is 8.80. The number of benzene rings is 1. The third kappa shape index (κ3) is 7.20. The van der Waals surface area contributed by atoms with E-state index in [4.69, 9.17) is 14.2 Å². The van der Waals surface area contributed by atoms with Crippen molar-refractivity contribution in [3.63, 3.8) is 0 Å². The standard InChI is InChI=1S/C26H34N4O6S2/c1-34-13-12-30-22(18-27-26(30)38(32,33)20-21-5-3-6-23(17-21)35-2)19-29(25(31)24-7-4-16-37-24)9-8-28-10-14-36-15-11-28/h3-7,16-18H,8-15,19-20H2,1-2H3. The van der Waals surface area contributed by atoms with E-state index in [2.05, 4.69) is 9.88 Å². The molecule has 0 unspecified atom stereocenters. The number of ether oxygens (including phenoxy) is 3. The molecule has 10 nitrogen and oxygen atoms in total. The van der Waals surface area contributed by atoms with E-state index in [1.807, 2.05) is 11.4 Å². The number of methoxy groups -OCH3 is 2. The Hall–Kier alpha value is -2.77. The number of rotatable bonds is 13. The summed E-state index contributed by atoms with van der Waals surface area (Å²) in [5.74, 6) is 0.278. The Morgan fingerprint density at radius 2 is 1.97 bits per heavy atom. The maximum absolute atomic E-state index is 13.5. The molecule has 2 aromatic heterocycles. The van der Waals surface area contributed by atoms with Crippen LogP contribution in [0.25, 0.3) is 0 Å². The van der Waals surface area contributed by atoms with E-state index in [0.717, 1.165) is 13.1 Å². The van der Waals surface area contributed by atoms with Crippen LogP contribution >= 0.6 is 11.3 Å². The Balaban J connectivity index is 1.59. The van der Waals surface area contributed by atoms with Crippen molar-refractivity contribution < 1.29 is 27.4 Å². The summed E-state index contributed by atoms with van der Waals surface area (Å²) in [6.45, 7) is 5.02. The molecule has 12 heteroatoms. The van der Waals surface area contributed by atoms with Crippen LogP contribution in [0.2, 0.25) is 0 Å².